The molecular weight excluding hydrogens is 220 g/mol. The fraction of sp³-hybridized carbons (Fsp3) is 0.889. The van der Waals surface area contributed by atoms with Gasteiger partial charge in [0.2, 0.25) is 0 Å². The third kappa shape index (κ3) is 2.33. The molecule has 5 atom stereocenters. The van der Waals surface area contributed by atoms with Crippen molar-refractivity contribution in [1.29, 1.82) is 0 Å². The Hall–Kier alpha value is -0.730. The molecule has 1 aliphatic heterocycles. The van der Waals surface area contributed by atoms with Crippen LogP contribution in [0.25, 0.3) is 0 Å². The molecule has 16 heavy (non-hydrogen) atoms. The molecule has 0 aromatic carbocycles. The van der Waals surface area contributed by atoms with Crippen molar-refractivity contribution in [1.82, 2.24) is 0 Å². The molecule has 0 saturated carbocycles. The molecule has 1 fully saturated rings. The second-order valence-electron chi connectivity index (χ2n) is 3.36. The van der Waals surface area contributed by atoms with E-state index < -0.39 is 36.7 Å². The molecule has 0 amide bonds. The van der Waals surface area contributed by atoms with Crippen molar-refractivity contribution in [3.63, 3.8) is 0 Å². The molecule has 7 nitrogen and oxygen atoms in total. The van der Waals surface area contributed by atoms with Crippen molar-refractivity contribution in [2.24, 2.45) is 0 Å². The van der Waals surface area contributed by atoms with Crippen LogP contribution in [0.15, 0.2) is 0 Å². The number of rotatable bonds is 3. The molecule has 0 radical (unpaired) electrons. The van der Waals surface area contributed by atoms with Gasteiger partial charge >= 0.3 is 5.97 Å². The minimum Gasteiger partial charge on any atom is -0.467 e. The lowest BCUT2D eigenvalue weighted by Gasteiger charge is -2.40. The van der Waals surface area contributed by atoms with Crippen molar-refractivity contribution in [3.8, 4) is 0 Å². The van der Waals surface area contributed by atoms with Gasteiger partial charge in [-0.3, -0.25) is 0 Å². The predicted molar refractivity (Wildman–Crippen MR) is 50.5 cm³/mol. The SMILES string of the molecule is COC(=O)[C@@H]1O[C@H](O)C(OC)C(OC)[C@@H]1O. The van der Waals surface area contributed by atoms with Gasteiger partial charge in [-0.15, -0.1) is 0 Å². The standard InChI is InChI=1S/C9H16O7/c1-13-5-4(10)6(8(11)15-3)16-9(12)7(5)14-2/h4-7,9-10,12H,1-3H3/t4-,5?,6+,7?,9-/m0/s1. The topological polar surface area (TPSA) is 94.5 Å². The fourth-order valence-corrected chi connectivity index (χ4v) is 1.67. The fourth-order valence-electron chi connectivity index (χ4n) is 1.67. The van der Waals surface area contributed by atoms with E-state index >= 15 is 0 Å². The van der Waals surface area contributed by atoms with E-state index in [1.807, 2.05) is 0 Å². The monoisotopic (exact) mass is 236 g/mol. The molecule has 94 valence electrons. The molecule has 1 rings (SSSR count). The highest BCUT2D eigenvalue weighted by Gasteiger charge is 2.48. The van der Waals surface area contributed by atoms with Crippen LogP contribution in [-0.4, -0.2) is 68.2 Å². The predicted octanol–water partition coefficient (Wildman–Crippen LogP) is -1.73. The summed E-state index contributed by atoms with van der Waals surface area (Å²) in [5.41, 5.74) is 0. The molecule has 0 aromatic rings. The molecule has 1 aliphatic rings. The lowest BCUT2D eigenvalue weighted by atomic mass is 9.98. The van der Waals surface area contributed by atoms with Crippen LogP contribution in [0.3, 0.4) is 0 Å². The van der Waals surface area contributed by atoms with E-state index in [1.54, 1.807) is 0 Å². The molecule has 0 bridgehead atoms. The Kier molecular flexibility index (Phi) is 4.63. The molecule has 1 heterocycles. The molecule has 0 aliphatic carbocycles. The smallest absolute Gasteiger partial charge is 0.337 e. The largest absolute Gasteiger partial charge is 0.467 e. The maximum Gasteiger partial charge on any atom is 0.337 e. The summed E-state index contributed by atoms with van der Waals surface area (Å²) in [5.74, 6) is -0.775. The summed E-state index contributed by atoms with van der Waals surface area (Å²) < 4.78 is 19.3. The van der Waals surface area contributed by atoms with E-state index in [4.69, 9.17) is 14.2 Å². The zero-order valence-corrected chi connectivity index (χ0v) is 9.32. The summed E-state index contributed by atoms with van der Waals surface area (Å²) in [5, 5.41) is 19.4. The zero-order valence-electron chi connectivity index (χ0n) is 9.32. The van der Waals surface area contributed by atoms with E-state index in [0.717, 1.165) is 7.11 Å². The van der Waals surface area contributed by atoms with Crippen molar-refractivity contribution >= 4 is 5.97 Å². The summed E-state index contributed by atoms with van der Waals surface area (Å²) in [6.45, 7) is 0. The highest BCUT2D eigenvalue weighted by Crippen LogP contribution is 2.24. The van der Waals surface area contributed by atoms with Gasteiger partial charge in [0, 0.05) is 14.2 Å². The maximum atomic E-state index is 11.3. The molecule has 0 spiro atoms. The van der Waals surface area contributed by atoms with E-state index in [2.05, 4.69) is 4.74 Å². The van der Waals surface area contributed by atoms with Gasteiger partial charge in [-0.25, -0.2) is 4.79 Å². The Morgan fingerprint density at radius 3 is 2.12 bits per heavy atom. The Bertz CT molecular complexity index is 244. The number of methoxy groups -OCH3 is 3. The van der Waals surface area contributed by atoms with Crippen molar-refractivity contribution < 1.29 is 34.0 Å². The van der Waals surface area contributed by atoms with Gasteiger partial charge in [-0.1, -0.05) is 0 Å². The Labute approximate surface area is 92.9 Å². The minimum atomic E-state index is -1.36. The maximum absolute atomic E-state index is 11.3. The highest BCUT2D eigenvalue weighted by atomic mass is 16.7. The number of esters is 1. The Morgan fingerprint density at radius 1 is 1.12 bits per heavy atom. The lowest BCUT2D eigenvalue weighted by Crippen LogP contribution is -2.61. The Balaban J connectivity index is 2.84. The van der Waals surface area contributed by atoms with Crippen LogP contribution in [0.1, 0.15) is 0 Å². The first-order valence-electron chi connectivity index (χ1n) is 4.71. The first-order chi connectivity index (χ1) is 7.56. The van der Waals surface area contributed by atoms with Crippen LogP contribution in [-0.2, 0) is 23.7 Å². The number of ether oxygens (including phenoxy) is 4. The second-order valence-corrected chi connectivity index (χ2v) is 3.36. The molecule has 2 N–H and O–H groups in total. The van der Waals surface area contributed by atoms with Gasteiger partial charge in [-0.2, -0.15) is 0 Å². The van der Waals surface area contributed by atoms with Crippen LogP contribution in [0.5, 0.6) is 0 Å². The summed E-state index contributed by atoms with van der Waals surface area (Å²) in [7, 11) is 3.84. The number of aliphatic hydroxyl groups is 2. The number of carbonyl (C=O) groups is 1. The van der Waals surface area contributed by atoms with Crippen LogP contribution >= 0.6 is 0 Å². The number of carbonyl (C=O) groups excluding carboxylic acids is 1. The Morgan fingerprint density at radius 2 is 1.69 bits per heavy atom. The first kappa shape index (κ1) is 13.3. The second kappa shape index (κ2) is 5.55. The molecule has 1 saturated heterocycles. The minimum absolute atomic E-state index is 0.775. The van der Waals surface area contributed by atoms with Gasteiger partial charge in [0.1, 0.15) is 18.3 Å². The third-order valence-electron chi connectivity index (χ3n) is 2.52. The molecule has 2 unspecified atom stereocenters. The summed E-state index contributed by atoms with van der Waals surface area (Å²) in [4.78, 5) is 11.3. The normalized spacial score (nSPS) is 39.4. The summed E-state index contributed by atoms with van der Waals surface area (Å²) in [6.07, 6.45) is -5.62. The molecule has 7 heteroatoms. The first-order valence-corrected chi connectivity index (χ1v) is 4.71. The number of hydrogen-bond donors (Lipinski definition) is 2. The van der Waals surface area contributed by atoms with E-state index in [0.29, 0.717) is 0 Å². The zero-order chi connectivity index (χ0) is 12.3. The van der Waals surface area contributed by atoms with Crippen molar-refractivity contribution in [2.45, 2.75) is 30.7 Å². The van der Waals surface area contributed by atoms with Gasteiger partial charge in [0.15, 0.2) is 12.4 Å². The van der Waals surface area contributed by atoms with Gasteiger partial charge in [-0.05, 0) is 0 Å². The molecule has 0 aromatic heterocycles. The van der Waals surface area contributed by atoms with Crippen LogP contribution < -0.4 is 0 Å². The quantitative estimate of drug-likeness (QED) is 0.562. The van der Waals surface area contributed by atoms with E-state index in [9.17, 15) is 15.0 Å². The average Bonchev–Trinajstić information content (AvgIpc) is 2.29. The van der Waals surface area contributed by atoms with Gasteiger partial charge < -0.3 is 29.2 Å². The number of aliphatic hydroxyl groups excluding tert-OH is 2. The van der Waals surface area contributed by atoms with Crippen LogP contribution in [0.2, 0.25) is 0 Å². The lowest BCUT2D eigenvalue weighted by molar-refractivity contribution is -0.289. The summed E-state index contributed by atoms with van der Waals surface area (Å²) in [6, 6.07) is 0. The van der Waals surface area contributed by atoms with Crippen LogP contribution in [0.4, 0.5) is 0 Å². The van der Waals surface area contributed by atoms with E-state index in [1.165, 1.54) is 14.2 Å². The van der Waals surface area contributed by atoms with Crippen molar-refractivity contribution in [3.05, 3.63) is 0 Å². The average molecular weight is 236 g/mol. The van der Waals surface area contributed by atoms with Gasteiger partial charge in [0.25, 0.3) is 0 Å². The van der Waals surface area contributed by atoms with Crippen LogP contribution in [0, 0.1) is 0 Å². The molecular formula is C9H16O7. The number of hydrogen-bond acceptors (Lipinski definition) is 7. The highest BCUT2D eigenvalue weighted by molar-refractivity contribution is 5.75. The van der Waals surface area contributed by atoms with Gasteiger partial charge in [0.05, 0.1) is 7.11 Å². The van der Waals surface area contributed by atoms with E-state index in [-0.39, 0.29) is 0 Å². The third-order valence-corrected chi connectivity index (χ3v) is 2.52. The summed E-state index contributed by atoms with van der Waals surface area (Å²) >= 11 is 0. The van der Waals surface area contributed by atoms with Crippen molar-refractivity contribution in [2.75, 3.05) is 21.3 Å².